The summed E-state index contributed by atoms with van der Waals surface area (Å²) in [7, 11) is 0. The second-order valence-corrected chi connectivity index (χ2v) is 3.87. The topological polar surface area (TPSA) is 66.0 Å². The zero-order valence-electron chi connectivity index (χ0n) is 9.69. The molecule has 86 valence electrons. The molecule has 0 fully saturated rings. The van der Waals surface area contributed by atoms with E-state index >= 15 is 0 Å². The average Bonchev–Trinajstić information content (AvgIpc) is 2.61. The lowest BCUT2D eigenvalue weighted by Gasteiger charge is -2.04. The maximum Gasteiger partial charge on any atom is 0.352 e. The van der Waals surface area contributed by atoms with Gasteiger partial charge in [-0.25, -0.2) is 4.79 Å². The molecule has 0 aliphatic carbocycles. The number of carboxylic acids is 1. The first kappa shape index (κ1) is 11.2. The molecular formula is C13H12N2O2. The fourth-order valence-corrected chi connectivity index (χ4v) is 2.20. The Balaban J connectivity index is 2.90. The summed E-state index contributed by atoms with van der Waals surface area (Å²) in [6, 6.07) is 7.32. The van der Waals surface area contributed by atoms with Gasteiger partial charge in [0.15, 0.2) is 0 Å². The monoisotopic (exact) mass is 228 g/mol. The molecule has 1 aromatic carbocycles. The van der Waals surface area contributed by atoms with Gasteiger partial charge >= 0.3 is 5.97 Å². The van der Waals surface area contributed by atoms with Crippen LogP contribution in [0.3, 0.4) is 0 Å². The molecule has 4 heteroatoms. The van der Waals surface area contributed by atoms with Gasteiger partial charge in [-0.05, 0) is 31.5 Å². The van der Waals surface area contributed by atoms with Crippen LogP contribution in [0.5, 0.6) is 0 Å². The van der Waals surface area contributed by atoms with E-state index in [1.807, 2.05) is 13.0 Å². The molecule has 0 atom stereocenters. The number of aryl methyl sites for hydroxylation is 2. The summed E-state index contributed by atoms with van der Waals surface area (Å²) in [5.74, 6) is -0.931. The summed E-state index contributed by atoms with van der Waals surface area (Å²) < 4.78 is 1.73. The molecule has 0 bridgehead atoms. The maximum atomic E-state index is 11.2. The molecule has 1 aromatic heterocycles. The van der Waals surface area contributed by atoms with Crippen molar-refractivity contribution in [1.82, 2.24) is 4.57 Å². The molecule has 0 amide bonds. The SMILES string of the molecule is CCn1c(C(=O)O)c(C)c2ccc(C#N)cc21. The Labute approximate surface area is 98.7 Å². The lowest BCUT2D eigenvalue weighted by molar-refractivity contribution is 0.0685. The molecule has 0 aliphatic rings. The fraction of sp³-hybridized carbons (Fsp3) is 0.231. The zero-order valence-corrected chi connectivity index (χ0v) is 9.69. The van der Waals surface area contributed by atoms with Crippen LogP contribution in [0.4, 0.5) is 0 Å². The third-order valence-electron chi connectivity index (χ3n) is 2.97. The van der Waals surface area contributed by atoms with Crippen molar-refractivity contribution >= 4 is 16.9 Å². The van der Waals surface area contributed by atoms with E-state index in [1.165, 1.54) is 0 Å². The number of nitrogens with zero attached hydrogens (tertiary/aromatic N) is 2. The minimum Gasteiger partial charge on any atom is -0.477 e. The maximum absolute atomic E-state index is 11.2. The molecule has 2 aromatic rings. The van der Waals surface area contributed by atoms with Crippen LogP contribution in [0.2, 0.25) is 0 Å². The number of aromatic carboxylic acids is 1. The third-order valence-corrected chi connectivity index (χ3v) is 2.97. The normalized spacial score (nSPS) is 10.4. The number of hydrogen-bond acceptors (Lipinski definition) is 2. The van der Waals surface area contributed by atoms with Crippen molar-refractivity contribution in [2.75, 3.05) is 0 Å². The second kappa shape index (κ2) is 3.95. The Bertz CT molecular complexity index is 647. The van der Waals surface area contributed by atoms with Crippen molar-refractivity contribution in [3.8, 4) is 6.07 Å². The van der Waals surface area contributed by atoms with E-state index in [-0.39, 0.29) is 0 Å². The first-order valence-corrected chi connectivity index (χ1v) is 5.36. The van der Waals surface area contributed by atoms with Gasteiger partial charge in [0.1, 0.15) is 5.69 Å². The van der Waals surface area contributed by atoms with Gasteiger partial charge in [-0.1, -0.05) is 6.07 Å². The van der Waals surface area contributed by atoms with Crippen molar-refractivity contribution < 1.29 is 9.90 Å². The number of rotatable bonds is 2. The predicted octanol–water partition coefficient (Wildman–Crippen LogP) is 2.54. The molecule has 4 nitrogen and oxygen atoms in total. The highest BCUT2D eigenvalue weighted by atomic mass is 16.4. The Kier molecular flexibility index (Phi) is 2.60. The van der Waals surface area contributed by atoms with E-state index in [9.17, 15) is 9.90 Å². The van der Waals surface area contributed by atoms with Gasteiger partial charge in [0.05, 0.1) is 17.1 Å². The van der Waals surface area contributed by atoms with Gasteiger partial charge in [0.25, 0.3) is 0 Å². The fourth-order valence-electron chi connectivity index (χ4n) is 2.20. The number of fused-ring (bicyclic) bond motifs is 1. The number of benzene rings is 1. The van der Waals surface area contributed by atoms with Crippen LogP contribution in [-0.2, 0) is 6.54 Å². The van der Waals surface area contributed by atoms with Crippen molar-refractivity contribution in [2.24, 2.45) is 0 Å². The van der Waals surface area contributed by atoms with Gasteiger partial charge in [0, 0.05) is 11.9 Å². The predicted molar refractivity (Wildman–Crippen MR) is 64.0 cm³/mol. The number of carboxylic acid groups (broad SMARTS) is 1. The Morgan fingerprint density at radius 1 is 1.53 bits per heavy atom. The van der Waals surface area contributed by atoms with Gasteiger partial charge in [-0.2, -0.15) is 5.26 Å². The number of carbonyl (C=O) groups is 1. The quantitative estimate of drug-likeness (QED) is 0.858. The minimum absolute atomic E-state index is 0.303. The molecule has 1 heterocycles. The van der Waals surface area contributed by atoms with Crippen LogP contribution in [0.25, 0.3) is 10.9 Å². The first-order valence-electron chi connectivity index (χ1n) is 5.36. The van der Waals surface area contributed by atoms with E-state index in [2.05, 4.69) is 6.07 Å². The summed E-state index contributed by atoms with van der Waals surface area (Å²) in [6.07, 6.45) is 0. The molecule has 0 saturated carbocycles. The molecule has 1 N–H and O–H groups in total. The highest BCUT2D eigenvalue weighted by Gasteiger charge is 2.18. The molecule has 2 rings (SSSR count). The van der Waals surface area contributed by atoms with Crippen LogP contribution in [0.1, 0.15) is 28.5 Å². The van der Waals surface area contributed by atoms with E-state index < -0.39 is 5.97 Å². The molecule has 17 heavy (non-hydrogen) atoms. The molecule has 0 unspecified atom stereocenters. The van der Waals surface area contributed by atoms with Gasteiger partial charge < -0.3 is 9.67 Å². The summed E-state index contributed by atoms with van der Waals surface area (Å²) in [4.78, 5) is 11.2. The first-order chi connectivity index (χ1) is 8.10. The van der Waals surface area contributed by atoms with Gasteiger partial charge in [-0.3, -0.25) is 0 Å². The smallest absolute Gasteiger partial charge is 0.352 e. The Hall–Kier alpha value is -2.28. The standard InChI is InChI=1S/C13H12N2O2/c1-3-15-11-6-9(7-14)4-5-10(11)8(2)12(15)13(16)17/h4-6H,3H2,1-2H3,(H,16,17). The summed E-state index contributed by atoms with van der Waals surface area (Å²) in [6.45, 7) is 4.26. The molecule has 0 radical (unpaired) electrons. The van der Waals surface area contributed by atoms with Crippen LogP contribution >= 0.6 is 0 Å². The summed E-state index contributed by atoms with van der Waals surface area (Å²) in [5, 5.41) is 19.0. The van der Waals surface area contributed by atoms with Crippen molar-refractivity contribution in [1.29, 1.82) is 5.26 Å². The zero-order chi connectivity index (χ0) is 12.6. The lowest BCUT2D eigenvalue weighted by atomic mass is 10.1. The van der Waals surface area contributed by atoms with E-state index in [4.69, 9.17) is 5.26 Å². The molecule has 0 spiro atoms. The van der Waals surface area contributed by atoms with E-state index in [0.29, 0.717) is 17.8 Å². The molecule has 0 saturated heterocycles. The van der Waals surface area contributed by atoms with Crippen molar-refractivity contribution in [3.05, 3.63) is 35.0 Å². The third kappa shape index (κ3) is 1.56. The number of nitriles is 1. The van der Waals surface area contributed by atoms with Crippen LogP contribution < -0.4 is 0 Å². The lowest BCUT2D eigenvalue weighted by Crippen LogP contribution is -2.08. The van der Waals surface area contributed by atoms with Crippen molar-refractivity contribution in [2.45, 2.75) is 20.4 Å². The van der Waals surface area contributed by atoms with E-state index in [0.717, 1.165) is 16.5 Å². The Morgan fingerprint density at radius 3 is 2.76 bits per heavy atom. The second-order valence-electron chi connectivity index (χ2n) is 3.87. The molecular weight excluding hydrogens is 216 g/mol. The van der Waals surface area contributed by atoms with Crippen LogP contribution in [-0.4, -0.2) is 15.6 Å². The van der Waals surface area contributed by atoms with Crippen LogP contribution in [0, 0.1) is 18.3 Å². The average molecular weight is 228 g/mol. The molecule has 0 aliphatic heterocycles. The van der Waals surface area contributed by atoms with Gasteiger partial charge in [0.2, 0.25) is 0 Å². The number of hydrogen-bond donors (Lipinski definition) is 1. The highest BCUT2D eigenvalue weighted by molar-refractivity contribution is 5.98. The van der Waals surface area contributed by atoms with E-state index in [1.54, 1.807) is 23.6 Å². The van der Waals surface area contributed by atoms with Gasteiger partial charge in [-0.15, -0.1) is 0 Å². The highest BCUT2D eigenvalue weighted by Crippen LogP contribution is 2.26. The summed E-state index contributed by atoms with van der Waals surface area (Å²) >= 11 is 0. The minimum atomic E-state index is -0.931. The van der Waals surface area contributed by atoms with Crippen molar-refractivity contribution in [3.63, 3.8) is 0 Å². The largest absolute Gasteiger partial charge is 0.477 e. The number of aromatic nitrogens is 1. The van der Waals surface area contributed by atoms with Crippen LogP contribution in [0.15, 0.2) is 18.2 Å². The Morgan fingerprint density at radius 2 is 2.24 bits per heavy atom. The summed E-state index contributed by atoms with van der Waals surface area (Å²) in [5.41, 5.74) is 2.40.